The van der Waals surface area contributed by atoms with Crippen LogP contribution in [0.15, 0.2) is 34.9 Å². The van der Waals surface area contributed by atoms with Crippen LogP contribution in [0.2, 0.25) is 0 Å². The molecule has 1 heterocycles. The van der Waals surface area contributed by atoms with E-state index >= 15 is 0 Å². The maximum atomic E-state index is 13.1. The lowest BCUT2D eigenvalue weighted by Gasteiger charge is -2.63. The first kappa shape index (κ1) is 24.0. The van der Waals surface area contributed by atoms with Gasteiger partial charge in [-0.3, -0.25) is 4.79 Å². The van der Waals surface area contributed by atoms with Crippen LogP contribution in [-0.4, -0.2) is 50.0 Å². The van der Waals surface area contributed by atoms with Crippen molar-refractivity contribution in [2.75, 3.05) is 0 Å². The van der Waals surface area contributed by atoms with Crippen LogP contribution < -0.4 is 0 Å². The SMILES string of the molecule is CC1=C(C)C(=O)O[C@@H]([C@](C)(O)[C@]2(O)CCC3(O)[C@@H]4CC=C5C=CCC(=O)[C@]5(C)[C@H]4CC[C@@]32C)C1. The Morgan fingerprint density at radius 2 is 1.79 bits per heavy atom. The molecule has 0 bridgehead atoms. The summed E-state index contributed by atoms with van der Waals surface area (Å²) in [5.74, 6) is -0.495. The lowest BCUT2D eigenvalue weighted by Crippen LogP contribution is -2.72. The number of carbonyl (C=O) groups is 2. The fraction of sp³-hybridized carbons (Fsp3) is 0.714. The van der Waals surface area contributed by atoms with E-state index < -0.39 is 39.7 Å². The van der Waals surface area contributed by atoms with E-state index in [0.29, 0.717) is 44.1 Å². The van der Waals surface area contributed by atoms with Crippen LogP contribution in [0.3, 0.4) is 0 Å². The summed E-state index contributed by atoms with van der Waals surface area (Å²) in [5, 5.41) is 36.5. The van der Waals surface area contributed by atoms with Gasteiger partial charge < -0.3 is 20.1 Å². The molecule has 0 amide bonds. The van der Waals surface area contributed by atoms with Crippen molar-refractivity contribution < 1.29 is 29.6 Å². The topological polar surface area (TPSA) is 104 Å². The molecule has 3 N–H and O–H groups in total. The summed E-state index contributed by atoms with van der Waals surface area (Å²) in [7, 11) is 0. The third-order valence-corrected chi connectivity index (χ3v) is 11.1. The van der Waals surface area contributed by atoms with Gasteiger partial charge in [0.25, 0.3) is 0 Å². The molecule has 6 heteroatoms. The number of cyclic esters (lactones) is 1. The molecule has 5 aliphatic rings. The maximum Gasteiger partial charge on any atom is 0.334 e. The zero-order valence-electron chi connectivity index (χ0n) is 21.0. The van der Waals surface area contributed by atoms with E-state index in [4.69, 9.17) is 4.74 Å². The first-order chi connectivity index (χ1) is 15.7. The highest BCUT2D eigenvalue weighted by Gasteiger charge is 2.76. The Hall–Kier alpha value is -1.76. The molecule has 2 fully saturated rings. The van der Waals surface area contributed by atoms with Gasteiger partial charge in [0.1, 0.15) is 23.1 Å². The zero-order valence-corrected chi connectivity index (χ0v) is 21.0. The van der Waals surface area contributed by atoms with E-state index in [1.54, 1.807) is 13.8 Å². The van der Waals surface area contributed by atoms with Gasteiger partial charge in [0.15, 0.2) is 0 Å². The first-order valence-corrected chi connectivity index (χ1v) is 12.7. The molecular formula is C28H38O6. The second-order valence-corrected chi connectivity index (χ2v) is 12.1. The van der Waals surface area contributed by atoms with Crippen molar-refractivity contribution in [3.05, 3.63) is 34.9 Å². The Balaban J connectivity index is 1.54. The molecule has 1 unspecified atom stereocenters. The normalized spacial score (nSPS) is 47.9. The Labute approximate surface area is 201 Å². The summed E-state index contributed by atoms with van der Waals surface area (Å²) in [5.41, 5.74) is -3.87. The van der Waals surface area contributed by atoms with Crippen LogP contribution in [0.25, 0.3) is 0 Å². The Kier molecular flexibility index (Phi) is 5.03. The van der Waals surface area contributed by atoms with Gasteiger partial charge in [-0.05, 0) is 77.2 Å². The van der Waals surface area contributed by atoms with Crippen molar-refractivity contribution in [1.82, 2.24) is 0 Å². The lowest BCUT2D eigenvalue weighted by molar-refractivity contribution is -0.279. The number of rotatable bonds is 2. The van der Waals surface area contributed by atoms with Crippen molar-refractivity contribution in [2.24, 2.45) is 22.7 Å². The highest BCUT2D eigenvalue weighted by Crippen LogP contribution is 2.70. The van der Waals surface area contributed by atoms with Gasteiger partial charge >= 0.3 is 5.97 Å². The summed E-state index contributed by atoms with van der Waals surface area (Å²) in [4.78, 5) is 25.6. The zero-order chi connectivity index (χ0) is 24.9. The maximum absolute atomic E-state index is 13.1. The summed E-state index contributed by atoms with van der Waals surface area (Å²) >= 11 is 0. The predicted molar refractivity (Wildman–Crippen MR) is 127 cm³/mol. The summed E-state index contributed by atoms with van der Waals surface area (Å²) < 4.78 is 5.63. The van der Waals surface area contributed by atoms with E-state index in [-0.39, 0.29) is 24.0 Å². The van der Waals surface area contributed by atoms with Crippen LogP contribution in [0.1, 0.15) is 79.6 Å². The second-order valence-electron chi connectivity index (χ2n) is 12.1. The highest BCUT2D eigenvalue weighted by molar-refractivity contribution is 5.92. The minimum atomic E-state index is -1.75. The van der Waals surface area contributed by atoms with Crippen LogP contribution >= 0.6 is 0 Å². The van der Waals surface area contributed by atoms with E-state index in [1.165, 1.54) is 0 Å². The van der Waals surface area contributed by atoms with Gasteiger partial charge in [0, 0.05) is 23.8 Å². The third kappa shape index (κ3) is 2.63. The standard InChI is InChI=1S/C28H38O6/c1-16-15-22(34-23(30)17(16)2)26(5,31)28(33)14-13-27(32)20-10-9-18-7-6-8-21(29)25(18,4)19(20)11-12-24(27,28)3/h6-7,9,19-20,22,31-33H,8,10-15H2,1-5H3/t19-,20+,22+,24-,25-,26-,27?,28-/m0/s1. The molecule has 4 aliphatic carbocycles. The molecule has 34 heavy (non-hydrogen) atoms. The molecule has 2 saturated carbocycles. The van der Waals surface area contributed by atoms with E-state index in [9.17, 15) is 24.9 Å². The molecule has 5 rings (SSSR count). The molecule has 8 atom stereocenters. The Morgan fingerprint density at radius 3 is 2.47 bits per heavy atom. The van der Waals surface area contributed by atoms with Crippen LogP contribution in [0.5, 0.6) is 0 Å². The quantitative estimate of drug-likeness (QED) is 0.534. The highest BCUT2D eigenvalue weighted by atomic mass is 16.6. The smallest absolute Gasteiger partial charge is 0.334 e. The van der Waals surface area contributed by atoms with Crippen LogP contribution in [0.4, 0.5) is 0 Å². The Bertz CT molecular complexity index is 1050. The first-order valence-electron chi connectivity index (χ1n) is 12.7. The minimum Gasteiger partial charge on any atom is -0.455 e. The number of ketones is 1. The lowest BCUT2D eigenvalue weighted by atomic mass is 9.44. The van der Waals surface area contributed by atoms with E-state index in [2.05, 4.69) is 12.2 Å². The van der Waals surface area contributed by atoms with Crippen molar-refractivity contribution in [1.29, 1.82) is 0 Å². The number of ether oxygens (including phenoxy) is 1. The molecule has 0 saturated heterocycles. The second kappa shape index (κ2) is 7.14. The number of hydrogen-bond donors (Lipinski definition) is 3. The summed E-state index contributed by atoms with van der Waals surface area (Å²) in [6, 6.07) is 0. The number of hydrogen-bond acceptors (Lipinski definition) is 6. The monoisotopic (exact) mass is 470 g/mol. The number of fused-ring (bicyclic) bond motifs is 5. The molecule has 6 nitrogen and oxygen atoms in total. The summed E-state index contributed by atoms with van der Waals surface area (Å²) in [6.45, 7) is 9.01. The van der Waals surface area contributed by atoms with Gasteiger partial charge in [-0.25, -0.2) is 4.79 Å². The van der Waals surface area contributed by atoms with Gasteiger partial charge in [0.2, 0.25) is 0 Å². The molecule has 0 aromatic heterocycles. The van der Waals surface area contributed by atoms with Gasteiger partial charge in [-0.2, -0.15) is 0 Å². The number of allylic oxidation sites excluding steroid dienone is 4. The van der Waals surface area contributed by atoms with Gasteiger partial charge in [-0.15, -0.1) is 0 Å². The minimum absolute atomic E-state index is 0.0179. The fourth-order valence-corrected chi connectivity index (χ4v) is 8.38. The van der Waals surface area contributed by atoms with Crippen LogP contribution in [0, 0.1) is 22.7 Å². The predicted octanol–water partition coefficient (Wildman–Crippen LogP) is 3.54. The van der Waals surface area contributed by atoms with Crippen molar-refractivity contribution in [3.8, 4) is 0 Å². The van der Waals surface area contributed by atoms with E-state index in [0.717, 1.165) is 11.1 Å². The van der Waals surface area contributed by atoms with Crippen molar-refractivity contribution >= 4 is 11.8 Å². The average Bonchev–Trinajstić information content (AvgIpc) is 3.00. The molecular weight excluding hydrogens is 432 g/mol. The fourth-order valence-electron chi connectivity index (χ4n) is 8.38. The summed E-state index contributed by atoms with van der Waals surface area (Å²) in [6.07, 6.45) is 8.25. The third-order valence-electron chi connectivity index (χ3n) is 11.1. The molecule has 1 aliphatic heterocycles. The van der Waals surface area contributed by atoms with Crippen molar-refractivity contribution in [2.45, 2.75) is 102 Å². The number of carbonyl (C=O) groups excluding carboxylic acids is 2. The number of aliphatic hydroxyl groups is 3. The Morgan fingerprint density at radius 1 is 1.09 bits per heavy atom. The molecule has 0 radical (unpaired) electrons. The number of esters is 1. The van der Waals surface area contributed by atoms with E-state index in [1.807, 2.05) is 26.8 Å². The number of Topliss-reactive ketones (excluding diaryl/α,β-unsaturated/α-hetero) is 1. The van der Waals surface area contributed by atoms with Gasteiger partial charge in [0.05, 0.1) is 11.0 Å². The van der Waals surface area contributed by atoms with Gasteiger partial charge in [-0.1, -0.05) is 30.7 Å². The average molecular weight is 471 g/mol. The molecule has 0 spiro atoms. The molecule has 0 aromatic carbocycles. The largest absolute Gasteiger partial charge is 0.455 e. The van der Waals surface area contributed by atoms with Crippen LogP contribution in [-0.2, 0) is 14.3 Å². The van der Waals surface area contributed by atoms with Crippen molar-refractivity contribution in [3.63, 3.8) is 0 Å². The molecule has 0 aromatic rings. The molecule has 186 valence electrons.